The molecule has 0 aliphatic rings. The standard InChI is InChI=1S/C12H14FN3O5/c1-2-3-10(11(17)18)15-12(19)14-9-5-4-7(16(20)21)6-8(9)13/h4-6,10H,2-3H2,1H3,(H,17,18)(H2,14,15,19). The van der Waals surface area contributed by atoms with Crippen LogP contribution in [0.4, 0.5) is 20.6 Å². The van der Waals surface area contributed by atoms with Gasteiger partial charge in [-0.3, -0.25) is 10.1 Å². The Kier molecular flexibility index (Phi) is 5.58. The highest BCUT2D eigenvalue weighted by molar-refractivity contribution is 5.92. The number of anilines is 1. The van der Waals surface area contributed by atoms with E-state index in [4.69, 9.17) is 5.11 Å². The molecule has 9 heteroatoms. The molecule has 0 saturated carbocycles. The number of nitro benzene ring substituents is 1. The Bertz CT molecular complexity index is 564. The second kappa shape index (κ2) is 7.17. The van der Waals surface area contributed by atoms with Crippen molar-refractivity contribution in [2.24, 2.45) is 0 Å². The van der Waals surface area contributed by atoms with Gasteiger partial charge < -0.3 is 15.7 Å². The van der Waals surface area contributed by atoms with Gasteiger partial charge in [0.25, 0.3) is 5.69 Å². The molecule has 1 rings (SSSR count). The Morgan fingerprint density at radius 2 is 2.14 bits per heavy atom. The van der Waals surface area contributed by atoms with Crippen molar-refractivity contribution >= 4 is 23.4 Å². The Morgan fingerprint density at radius 1 is 1.48 bits per heavy atom. The number of rotatable bonds is 6. The van der Waals surface area contributed by atoms with E-state index in [1.165, 1.54) is 0 Å². The van der Waals surface area contributed by atoms with Gasteiger partial charge in [-0.25, -0.2) is 14.0 Å². The predicted molar refractivity (Wildman–Crippen MR) is 71.5 cm³/mol. The van der Waals surface area contributed by atoms with E-state index in [1.807, 2.05) is 0 Å². The highest BCUT2D eigenvalue weighted by Gasteiger charge is 2.19. The summed E-state index contributed by atoms with van der Waals surface area (Å²) >= 11 is 0. The summed E-state index contributed by atoms with van der Waals surface area (Å²) < 4.78 is 13.6. The van der Waals surface area contributed by atoms with Crippen molar-refractivity contribution in [1.29, 1.82) is 0 Å². The molecule has 21 heavy (non-hydrogen) atoms. The minimum Gasteiger partial charge on any atom is -0.480 e. The zero-order chi connectivity index (χ0) is 16.0. The molecule has 1 aromatic carbocycles. The number of nitrogens with one attached hydrogen (secondary N) is 2. The van der Waals surface area contributed by atoms with Gasteiger partial charge in [-0.1, -0.05) is 13.3 Å². The quantitative estimate of drug-likeness (QED) is 0.548. The van der Waals surface area contributed by atoms with Crippen LogP contribution in [0.25, 0.3) is 0 Å². The van der Waals surface area contributed by atoms with Crippen LogP contribution < -0.4 is 10.6 Å². The molecule has 0 radical (unpaired) electrons. The van der Waals surface area contributed by atoms with E-state index in [2.05, 4.69) is 10.6 Å². The molecule has 114 valence electrons. The summed E-state index contributed by atoms with van der Waals surface area (Å²) in [7, 11) is 0. The number of hydrogen-bond donors (Lipinski definition) is 3. The highest BCUT2D eigenvalue weighted by Crippen LogP contribution is 2.20. The molecule has 3 N–H and O–H groups in total. The molecule has 0 saturated heterocycles. The third kappa shape index (κ3) is 4.71. The molecule has 1 unspecified atom stereocenters. The molecule has 0 spiro atoms. The fourth-order valence-corrected chi connectivity index (χ4v) is 1.58. The Labute approximate surface area is 119 Å². The van der Waals surface area contributed by atoms with E-state index in [-0.39, 0.29) is 12.1 Å². The monoisotopic (exact) mass is 299 g/mol. The van der Waals surface area contributed by atoms with E-state index in [1.54, 1.807) is 6.92 Å². The van der Waals surface area contributed by atoms with Crippen LogP contribution in [0.2, 0.25) is 0 Å². The first-order valence-corrected chi connectivity index (χ1v) is 6.09. The fraction of sp³-hybridized carbons (Fsp3) is 0.333. The maximum absolute atomic E-state index is 13.6. The third-order valence-electron chi connectivity index (χ3n) is 2.59. The summed E-state index contributed by atoms with van der Waals surface area (Å²) in [5.74, 6) is -2.18. The molecule has 2 amide bonds. The van der Waals surface area contributed by atoms with E-state index < -0.39 is 34.5 Å². The van der Waals surface area contributed by atoms with Crippen LogP contribution in [0.15, 0.2) is 18.2 Å². The first-order chi connectivity index (χ1) is 9.85. The number of non-ortho nitro benzene ring substituents is 1. The Hall–Kier alpha value is -2.71. The highest BCUT2D eigenvalue weighted by atomic mass is 19.1. The topological polar surface area (TPSA) is 122 Å². The average Bonchev–Trinajstić information content (AvgIpc) is 2.40. The van der Waals surface area contributed by atoms with Crippen LogP contribution in [0.3, 0.4) is 0 Å². The molecule has 0 bridgehead atoms. The van der Waals surface area contributed by atoms with Gasteiger partial charge in [0, 0.05) is 6.07 Å². The van der Waals surface area contributed by atoms with Crippen molar-refractivity contribution in [1.82, 2.24) is 5.32 Å². The van der Waals surface area contributed by atoms with Gasteiger partial charge in [-0.05, 0) is 12.5 Å². The molecule has 0 aliphatic carbocycles. The molecule has 1 aromatic rings. The second-order valence-corrected chi connectivity index (χ2v) is 4.20. The lowest BCUT2D eigenvalue weighted by Crippen LogP contribution is -2.43. The predicted octanol–water partition coefficient (Wildman–Crippen LogP) is 2.11. The minimum atomic E-state index is -1.20. The van der Waals surface area contributed by atoms with Crippen LogP contribution in [-0.4, -0.2) is 28.1 Å². The van der Waals surface area contributed by atoms with Crippen molar-refractivity contribution in [3.63, 3.8) is 0 Å². The van der Waals surface area contributed by atoms with Crippen molar-refractivity contribution in [3.8, 4) is 0 Å². The average molecular weight is 299 g/mol. The molecule has 0 fully saturated rings. The lowest BCUT2D eigenvalue weighted by atomic mass is 10.2. The van der Waals surface area contributed by atoms with Gasteiger partial charge in [0.05, 0.1) is 16.7 Å². The van der Waals surface area contributed by atoms with Crippen molar-refractivity contribution in [2.75, 3.05) is 5.32 Å². The van der Waals surface area contributed by atoms with Crippen molar-refractivity contribution < 1.29 is 24.0 Å². The number of carboxylic acid groups (broad SMARTS) is 1. The number of carboxylic acids is 1. The normalized spacial score (nSPS) is 11.5. The van der Waals surface area contributed by atoms with Crippen molar-refractivity contribution in [2.45, 2.75) is 25.8 Å². The first kappa shape index (κ1) is 16.3. The summed E-state index contributed by atoms with van der Waals surface area (Å²) in [6, 6.07) is 0.734. The molecular formula is C12H14FN3O5. The number of nitro groups is 1. The summed E-state index contributed by atoms with van der Waals surface area (Å²) in [5, 5.41) is 23.6. The van der Waals surface area contributed by atoms with Gasteiger partial charge in [0.1, 0.15) is 6.04 Å². The summed E-state index contributed by atoms with van der Waals surface area (Å²) in [5.41, 5.74) is -0.730. The number of urea groups is 1. The minimum absolute atomic E-state index is 0.228. The van der Waals surface area contributed by atoms with Gasteiger partial charge in [0.15, 0.2) is 5.82 Å². The Morgan fingerprint density at radius 3 is 2.62 bits per heavy atom. The number of carbonyl (C=O) groups is 2. The molecular weight excluding hydrogens is 285 g/mol. The van der Waals surface area contributed by atoms with Gasteiger partial charge in [-0.15, -0.1) is 0 Å². The largest absolute Gasteiger partial charge is 0.480 e. The van der Waals surface area contributed by atoms with E-state index in [9.17, 15) is 24.1 Å². The van der Waals surface area contributed by atoms with Crippen LogP contribution in [0.1, 0.15) is 19.8 Å². The van der Waals surface area contributed by atoms with E-state index in [0.717, 1.165) is 12.1 Å². The van der Waals surface area contributed by atoms with Crippen molar-refractivity contribution in [3.05, 3.63) is 34.1 Å². The SMILES string of the molecule is CCCC(NC(=O)Nc1ccc([N+](=O)[O-])cc1F)C(=O)O. The maximum atomic E-state index is 13.6. The van der Waals surface area contributed by atoms with E-state index in [0.29, 0.717) is 12.5 Å². The molecule has 0 aromatic heterocycles. The van der Waals surface area contributed by atoms with Crippen LogP contribution in [0, 0.1) is 15.9 Å². The third-order valence-corrected chi connectivity index (χ3v) is 2.59. The number of nitrogens with zero attached hydrogens (tertiary/aromatic N) is 1. The number of carbonyl (C=O) groups excluding carboxylic acids is 1. The lowest BCUT2D eigenvalue weighted by Gasteiger charge is -2.14. The molecule has 1 atom stereocenters. The van der Waals surface area contributed by atoms with E-state index >= 15 is 0 Å². The smallest absolute Gasteiger partial charge is 0.326 e. The van der Waals surface area contributed by atoms with Gasteiger partial charge in [-0.2, -0.15) is 0 Å². The number of hydrogen-bond acceptors (Lipinski definition) is 4. The zero-order valence-electron chi connectivity index (χ0n) is 11.1. The number of amides is 2. The van der Waals surface area contributed by atoms with Crippen LogP contribution in [0.5, 0.6) is 0 Å². The van der Waals surface area contributed by atoms with Crippen LogP contribution >= 0.6 is 0 Å². The second-order valence-electron chi connectivity index (χ2n) is 4.20. The number of halogens is 1. The summed E-state index contributed by atoms with van der Waals surface area (Å²) in [6.07, 6.45) is 0.772. The molecule has 0 aliphatic heterocycles. The Balaban J connectivity index is 2.74. The number of benzene rings is 1. The van der Waals surface area contributed by atoms with Crippen LogP contribution in [-0.2, 0) is 4.79 Å². The maximum Gasteiger partial charge on any atom is 0.326 e. The van der Waals surface area contributed by atoms with Gasteiger partial charge in [0.2, 0.25) is 0 Å². The summed E-state index contributed by atoms with van der Waals surface area (Å²) in [6.45, 7) is 1.76. The fourth-order valence-electron chi connectivity index (χ4n) is 1.58. The number of aliphatic carboxylic acids is 1. The van der Waals surface area contributed by atoms with Gasteiger partial charge >= 0.3 is 12.0 Å². The summed E-state index contributed by atoms with van der Waals surface area (Å²) in [4.78, 5) is 32.1. The molecule has 8 nitrogen and oxygen atoms in total. The first-order valence-electron chi connectivity index (χ1n) is 6.09. The molecule has 0 heterocycles. The lowest BCUT2D eigenvalue weighted by molar-refractivity contribution is -0.385. The zero-order valence-corrected chi connectivity index (χ0v) is 11.1.